The first-order valence-electron chi connectivity index (χ1n) is 5.67. The lowest BCUT2D eigenvalue weighted by Crippen LogP contribution is -2.37. The van der Waals surface area contributed by atoms with Crippen LogP contribution in [-0.4, -0.2) is 37.4 Å². The van der Waals surface area contributed by atoms with Gasteiger partial charge in [0.15, 0.2) is 0 Å². The van der Waals surface area contributed by atoms with Crippen LogP contribution in [0.1, 0.15) is 27.2 Å². The second-order valence-electron chi connectivity index (χ2n) is 4.10. The molecule has 0 rings (SSSR count). The SMILES string of the molecule is CCC(=CCNC(COC)C(C)C)C(=O)O. The van der Waals surface area contributed by atoms with E-state index in [1.165, 1.54) is 0 Å². The number of carbonyl (C=O) groups is 1. The summed E-state index contributed by atoms with van der Waals surface area (Å²) in [7, 11) is 1.67. The number of rotatable bonds is 8. The van der Waals surface area contributed by atoms with E-state index < -0.39 is 5.97 Å². The predicted octanol–water partition coefficient (Wildman–Crippen LogP) is 1.67. The summed E-state index contributed by atoms with van der Waals surface area (Å²) in [4.78, 5) is 10.7. The van der Waals surface area contributed by atoms with Gasteiger partial charge in [-0.2, -0.15) is 0 Å². The van der Waals surface area contributed by atoms with Crippen molar-refractivity contribution in [3.8, 4) is 0 Å². The van der Waals surface area contributed by atoms with Crippen molar-refractivity contribution in [2.24, 2.45) is 5.92 Å². The van der Waals surface area contributed by atoms with Gasteiger partial charge in [-0.1, -0.05) is 26.8 Å². The van der Waals surface area contributed by atoms with Crippen molar-refractivity contribution in [1.82, 2.24) is 5.32 Å². The van der Waals surface area contributed by atoms with Gasteiger partial charge in [-0.3, -0.25) is 0 Å². The molecule has 16 heavy (non-hydrogen) atoms. The van der Waals surface area contributed by atoms with E-state index in [9.17, 15) is 4.79 Å². The van der Waals surface area contributed by atoms with Crippen LogP contribution in [0, 0.1) is 5.92 Å². The molecular weight excluding hydrogens is 206 g/mol. The Balaban J connectivity index is 4.15. The summed E-state index contributed by atoms with van der Waals surface area (Å²) in [6.45, 7) is 7.27. The first-order chi connectivity index (χ1) is 7.52. The molecule has 0 fully saturated rings. The van der Waals surface area contributed by atoms with E-state index >= 15 is 0 Å². The molecule has 0 radical (unpaired) electrons. The van der Waals surface area contributed by atoms with Crippen LogP contribution in [0.3, 0.4) is 0 Å². The highest BCUT2D eigenvalue weighted by molar-refractivity contribution is 5.86. The zero-order valence-electron chi connectivity index (χ0n) is 10.6. The Morgan fingerprint density at radius 1 is 1.50 bits per heavy atom. The normalized spacial score (nSPS) is 14.2. The Morgan fingerprint density at radius 3 is 2.50 bits per heavy atom. The average Bonchev–Trinajstić information content (AvgIpc) is 2.21. The molecule has 0 saturated heterocycles. The Hall–Kier alpha value is -0.870. The third kappa shape index (κ3) is 5.88. The number of carboxylic acids is 1. The van der Waals surface area contributed by atoms with Crippen LogP contribution in [0.4, 0.5) is 0 Å². The lowest BCUT2D eigenvalue weighted by Gasteiger charge is -2.20. The minimum Gasteiger partial charge on any atom is -0.478 e. The number of hydrogen-bond donors (Lipinski definition) is 2. The Kier molecular flexibility index (Phi) is 7.85. The third-order valence-electron chi connectivity index (χ3n) is 2.54. The molecule has 0 aliphatic rings. The fourth-order valence-electron chi connectivity index (χ4n) is 1.38. The van der Waals surface area contributed by atoms with Crippen molar-refractivity contribution in [1.29, 1.82) is 0 Å². The van der Waals surface area contributed by atoms with Crippen molar-refractivity contribution in [3.05, 3.63) is 11.6 Å². The lowest BCUT2D eigenvalue weighted by molar-refractivity contribution is -0.132. The molecule has 0 heterocycles. The second kappa shape index (κ2) is 8.30. The van der Waals surface area contributed by atoms with Gasteiger partial charge in [0.25, 0.3) is 0 Å². The summed E-state index contributed by atoms with van der Waals surface area (Å²) in [6, 6.07) is 0.258. The smallest absolute Gasteiger partial charge is 0.331 e. The highest BCUT2D eigenvalue weighted by Crippen LogP contribution is 2.03. The number of aliphatic carboxylic acids is 1. The minimum absolute atomic E-state index is 0.258. The van der Waals surface area contributed by atoms with Gasteiger partial charge in [-0.05, 0) is 12.3 Å². The van der Waals surface area contributed by atoms with Crippen LogP contribution in [0.5, 0.6) is 0 Å². The summed E-state index contributed by atoms with van der Waals surface area (Å²) >= 11 is 0. The van der Waals surface area contributed by atoms with E-state index in [4.69, 9.17) is 9.84 Å². The first kappa shape index (κ1) is 15.1. The van der Waals surface area contributed by atoms with E-state index in [1.54, 1.807) is 13.2 Å². The van der Waals surface area contributed by atoms with E-state index in [0.29, 0.717) is 31.1 Å². The number of methoxy groups -OCH3 is 1. The highest BCUT2D eigenvalue weighted by Gasteiger charge is 2.11. The second-order valence-corrected chi connectivity index (χ2v) is 4.10. The lowest BCUT2D eigenvalue weighted by atomic mass is 10.1. The molecule has 0 amide bonds. The fraction of sp³-hybridized carbons (Fsp3) is 0.750. The molecule has 94 valence electrons. The van der Waals surface area contributed by atoms with Crippen LogP contribution in [0.2, 0.25) is 0 Å². The summed E-state index contributed by atoms with van der Waals surface area (Å²) in [5.74, 6) is -0.375. The first-order valence-corrected chi connectivity index (χ1v) is 5.67. The van der Waals surface area contributed by atoms with Gasteiger partial charge >= 0.3 is 5.97 Å². The Labute approximate surface area is 97.7 Å². The van der Waals surface area contributed by atoms with Gasteiger partial charge in [-0.25, -0.2) is 4.79 Å². The van der Waals surface area contributed by atoms with Gasteiger partial charge in [0.1, 0.15) is 0 Å². The van der Waals surface area contributed by atoms with Crippen molar-refractivity contribution in [2.45, 2.75) is 33.2 Å². The van der Waals surface area contributed by atoms with Crippen LogP contribution in [-0.2, 0) is 9.53 Å². The largest absolute Gasteiger partial charge is 0.478 e. The summed E-state index contributed by atoms with van der Waals surface area (Å²) in [5, 5.41) is 12.1. The molecule has 0 bridgehead atoms. The summed E-state index contributed by atoms with van der Waals surface area (Å²) in [6.07, 6.45) is 2.28. The van der Waals surface area contributed by atoms with Crippen LogP contribution < -0.4 is 5.32 Å². The number of carboxylic acid groups (broad SMARTS) is 1. The molecule has 4 nitrogen and oxygen atoms in total. The molecule has 2 N–H and O–H groups in total. The fourth-order valence-corrected chi connectivity index (χ4v) is 1.38. The van der Waals surface area contributed by atoms with Crippen LogP contribution in [0.25, 0.3) is 0 Å². The molecule has 0 saturated carbocycles. The molecule has 0 spiro atoms. The van der Waals surface area contributed by atoms with Gasteiger partial charge < -0.3 is 15.2 Å². The molecule has 4 heteroatoms. The Bertz CT molecular complexity index is 236. The molecule has 1 atom stereocenters. The molecule has 0 aromatic heterocycles. The van der Waals surface area contributed by atoms with Crippen molar-refractivity contribution < 1.29 is 14.6 Å². The van der Waals surface area contributed by atoms with Gasteiger partial charge in [-0.15, -0.1) is 0 Å². The van der Waals surface area contributed by atoms with E-state index in [-0.39, 0.29) is 6.04 Å². The Morgan fingerprint density at radius 2 is 2.12 bits per heavy atom. The maximum absolute atomic E-state index is 10.7. The van der Waals surface area contributed by atoms with E-state index in [2.05, 4.69) is 19.2 Å². The predicted molar refractivity (Wildman–Crippen MR) is 64.5 cm³/mol. The monoisotopic (exact) mass is 229 g/mol. The van der Waals surface area contributed by atoms with Crippen LogP contribution in [0.15, 0.2) is 11.6 Å². The van der Waals surface area contributed by atoms with Gasteiger partial charge in [0.2, 0.25) is 0 Å². The maximum Gasteiger partial charge on any atom is 0.331 e. The molecular formula is C12H23NO3. The topological polar surface area (TPSA) is 58.6 Å². The average molecular weight is 229 g/mol. The zero-order valence-corrected chi connectivity index (χ0v) is 10.6. The quantitative estimate of drug-likeness (QED) is 0.622. The summed E-state index contributed by atoms with van der Waals surface area (Å²) < 4.78 is 5.10. The zero-order chi connectivity index (χ0) is 12.6. The molecule has 0 aliphatic heterocycles. The van der Waals surface area contributed by atoms with Crippen LogP contribution >= 0.6 is 0 Å². The van der Waals surface area contributed by atoms with Crippen molar-refractivity contribution in [2.75, 3.05) is 20.3 Å². The van der Waals surface area contributed by atoms with E-state index in [1.807, 2.05) is 6.92 Å². The number of ether oxygens (including phenoxy) is 1. The van der Waals surface area contributed by atoms with E-state index in [0.717, 1.165) is 0 Å². The van der Waals surface area contributed by atoms with Gasteiger partial charge in [0.05, 0.1) is 6.61 Å². The minimum atomic E-state index is -0.836. The van der Waals surface area contributed by atoms with Crippen molar-refractivity contribution >= 4 is 5.97 Å². The third-order valence-corrected chi connectivity index (χ3v) is 2.54. The number of nitrogens with one attached hydrogen (secondary N) is 1. The van der Waals surface area contributed by atoms with Gasteiger partial charge in [0, 0.05) is 25.3 Å². The highest BCUT2D eigenvalue weighted by atomic mass is 16.5. The standard InChI is InChI=1S/C12H23NO3/c1-5-10(12(14)15)6-7-13-11(8-16-4)9(2)3/h6,9,11,13H,5,7-8H2,1-4H3,(H,14,15). The molecule has 1 unspecified atom stereocenters. The number of hydrogen-bond acceptors (Lipinski definition) is 3. The molecule has 0 aliphatic carbocycles. The molecule has 0 aromatic carbocycles. The maximum atomic E-state index is 10.7. The molecule has 0 aromatic rings. The summed E-state index contributed by atoms with van der Waals surface area (Å²) in [5.41, 5.74) is 0.451. The van der Waals surface area contributed by atoms with Crippen molar-refractivity contribution in [3.63, 3.8) is 0 Å².